The Bertz CT molecular complexity index is 1000. The molecule has 0 aromatic heterocycles. The van der Waals surface area contributed by atoms with Gasteiger partial charge in [-0.3, -0.25) is 9.59 Å². The van der Waals surface area contributed by atoms with Crippen molar-refractivity contribution in [3.63, 3.8) is 0 Å². The van der Waals surface area contributed by atoms with Crippen molar-refractivity contribution in [3.05, 3.63) is 65.2 Å². The highest BCUT2D eigenvalue weighted by Gasteiger charge is 2.39. The second kappa shape index (κ2) is 12.5. The Morgan fingerprint density at radius 1 is 0.944 bits per heavy atom. The van der Waals surface area contributed by atoms with Crippen LogP contribution in [0.2, 0.25) is 0 Å². The van der Waals surface area contributed by atoms with Gasteiger partial charge in [0.1, 0.15) is 0 Å². The van der Waals surface area contributed by atoms with Crippen LogP contribution in [0.15, 0.2) is 48.5 Å². The number of anilines is 1. The second-order valence-corrected chi connectivity index (χ2v) is 9.75. The number of aliphatic hydroxyl groups excluding tert-OH is 1. The molecule has 0 bridgehead atoms. The Morgan fingerprint density at radius 3 is 2.25 bits per heavy atom. The van der Waals surface area contributed by atoms with E-state index in [4.69, 9.17) is 14.6 Å². The van der Waals surface area contributed by atoms with Gasteiger partial charge in [0.05, 0.1) is 25.2 Å². The predicted molar refractivity (Wildman–Crippen MR) is 135 cm³/mol. The number of hydrogen-bond acceptors (Lipinski definition) is 6. The summed E-state index contributed by atoms with van der Waals surface area (Å²) in [5, 5.41) is 20.9. The van der Waals surface area contributed by atoms with Gasteiger partial charge in [0.2, 0.25) is 5.91 Å². The largest absolute Gasteiger partial charge is 0.481 e. The standard InChI is InChI=1S/C28H36N2O6/c1-19-24(17-30-15-3-2-4-16-30)35-28(36-27(19)21-7-5-20(18-31)6-8-21)22-9-11-23(12-10-22)29-25(32)13-14-26(33)34/h5-12,19,24,27-28,31H,2-4,13-18H2,1H3,(H,29,32)(H,33,34)/t19-,24+,27+,28+/m0/s1. The fourth-order valence-corrected chi connectivity index (χ4v) is 4.89. The molecule has 2 saturated heterocycles. The molecule has 0 unspecified atom stereocenters. The number of aliphatic carboxylic acids is 1. The minimum Gasteiger partial charge on any atom is -0.481 e. The SMILES string of the molecule is C[C@H]1[C@@H](CN2CCCCC2)O[C@@H](c2ccc(NC(=O)CCC(=O)O)cc2)O[C@H]1c1ccc(CO)cc1. The van der Waals surface area contributed by atoms with Gasteiger partial charge in [-0.2, -0.15) is 0 Å². The predicted octanol–water partition coefficient (Wildman–Crippen LogP) is 4.26. The first kappa shape index (κ1) is 26.3. The summed E-state index contributed by atoms with van der Waals surface area (Å²) < 4.78 is 13.0. The highest BCUT2D eigenvalue weighted by atomic mass is 16.7. The minimum atomic E-state index is -0.999. The van der Waals surface area contributed by atoms with Crippen LogP contribution in [0.5, 0.6) is 0 Å². The van der Waals surface area contributed by atoms with Crippen LogP contribution in [-0.2, 0) is 25.7 Å². The Balaban J connectivity index is 1.50. The van der Waals surface area contributed by atoms with E-state index in [0.717, 1.165) is 36.3 Å². The summed E-state index contributed by atoms with van der Waals surface area (Å²) in [7, 11) is 0. The summed E-state index contributed by atoms with van der Waals surface area (Å²) in [6.07, 6.45) is 2.70. The van der Waals surface area contributed by atoms with Crippen LogP contribution in [-0.4, -0.2) is 52.7 Å². The van der Waals surface area contributed by atoms with Crippen molar-refractivity contribution >= 4 is 17.6 Å². The summed E-state index contributed by atoms with van der Waals surface area (Å²) in [4.78, 5) is 25.1. The Hall–Kier alpha value is -2.78. The maximum absolute atomic E-state index is 12.0. The molecule has 8 heteroatoms. The number of nitrogens with zero attached hydrogens (tertiary/aromatic N) is 1. The fraction of sp³-hybridized carbons (Fsp3) is 0.500. The third kappa shape index (κ3) is 6.91. The zero-order valence-electron chi connectivity index (χ0n) is 20.8. The van der Waals surface area contributed by atoms with Gasteiger partial charge < -0.3 is 29.9 Å². The summed E-state index contributed by atoms with van der Waals surface area (Å²) in [5.74, 6) is -1.20. The number of aliphatic hydroxyl groups is 1. The zero-order valence-corrected chi connectivity index (χ0v) is 20.8. The van der Waals surface area contributed by atoms with E-state index in [9.17, 15) is 14.7 Å². The number of carboxylic acids is 1. The molecular formula is C28H36N2O6. The first-order valence-electron chi connectivity index (χ1n) is 12.8. The van der Waals surface area contributed by atoms with Crippen LogP contribution in [0.1, 0.15) is 68.1 Å². The van der Waals surface area contributed by atoms with Crippen LogP contribution in [0.4, 0.5) is 5.69 Å². The molecule has 36 heavy (non-hydrogen) atoms. The number of nitrogens with one attached hydrogen (secondary N) is 1. The lowest BCUT2D eigenvalue weighted by molar-refractivity contribution is -0.276. The number of hydrogen-bond donors (Lipinski definition) is 3. The van der Waals surface area contributed by atoms with Crippen LogP contribution in [0.3, 0.4) is 0 Å². The summed E-state index contributed by atoms with van der Waals surface area (Å²) >= 11 is 0. The summed E-state index contributed by atoms with van der Waals surface area (Å²) in [6, 6.07) is 15.2. The summed E-state index contributed by atoms with van der Waals surface area (Å²) in [5.41, 5.74) is 3.37. The molecular weight excluding hydrogens is 460 g/mol. The number of likely N-dealkylation sites (tertiary alicyclic amines) is 1. The number of ether oxygens (including phenoxy) is 2. The van der Waals surface area contributed by atoms with E-state index < -0.39 is 12.3 Å². The van der Waals surface area contributed by atoms with Crippen LogP contribution >= 0.6 is 0 Å². The van der Waals surface area contributed by atoms with E-state index >= 15 is 0 Å². The van der Waals surface area contributed by atoms with E-state index in [1.165, 1.54) is 19.3 Å². The maximum Gasteiger partial charge on any atom is 0.303 e. The lowest BCUT2D eigenvalue weighted by Gasteiger charge is -2.43. The molecule has 0 aliphatic carbocycles. The lowest BCUT2D eigenvalue weighted by atomic mass is 9.89. The van der Waals surface area contributed by atoms with Crippen molar-refractivity contribution < 1.29 is 29.3 Å². The first-order valence-corrected chi connectivity index (χ1v) is 12.8. The third-order valence-electron chi connectivity index (χ3n) is 7.04. The van der Waals surface area contributed by atoms with Gasteiger partial charge in [-0.1, -0.05) is 49.7 Å². The van der Waals surface area contributed by atoms with Gasteiger partial charge in [-0.15, -0.1) is 0 Å². The van der Waals surface area contributed by atoms with Crippen molar-refractivity contribution in [1.82, 2.24) is 4.90 Å². The highest BCUT2D eigenvalue weighted by Crippen LogP contribution is 2.42. The van der Waals surface area contributed by atoms with E-state index in [0.29, 0.717) is 5.69 Å². The second-order valence-electron chi connectivity index (χ2n) is 9.75. The Morgan fingerprint density at radius 2 is 1.61 bits per heavy atom. The van der Waals surface area contributed by atoms with Gasteiger partial charge in [0.15, 0.2) is 6.29 Å². The van der Waals surface area contributed by atoms with Crippen molar-refractivity contribution in [1.29, 1.82) is 0 Å². The number of rotatable bonds is 9. The number of amides is 1. The average Bonchev–Trinajstić information content (AvgIpc) is 2.90. The number of piperidine rings is 1. The smallest absolute Gasteiger partial charge is 0.303 e. The van der Waals surface area contributed by atoms with Crippen molar-refractivity contribution in [2.24, 2.45) is 5.92 Å². The summed E-state index contributed by atoms with van der Waals surface area (Å²) in [6.45, 7) is 5.20. The number of carbonyl (C=O) groups is 2. The first-order chi connectivity index (χ1) is 17.4. The molecule has 3 N–H and O–H groups in total. The van der Waals surface area contributed by atoms with Gasteiger partial charge >= 0.3 is 5.97 Å². The van der Waals surface area contributed by atoms with Crippen LogP contribution < -0.4 is 5.32 Å². The molecule has 0 spiro atoms. The van der Waals surface area contributed by atoms with Gasteiger partial charge in [-0.25, -0.2) is 0 Å². The molecule has 4 atom stereocenters. The van der Waals surface area contributed by atoms with Crippen molar-refractivity contribution in [3.8, 4) is 0 Å². The molecule has 2 fully saturated rings. The van der Waals surface area contributed by atoms with Crippen molar-refractivity contribution in [2.75, 3.05) is 25.0 Å². The molecule has 2 aliphatic heterocycles. The molecule has 2 aromatic carbocycles. The maximum atomic E-state index is 12.0. The monoisotopic (exact) mass is 496 g/mol. The van der Waals surface area contributed by atoms with E-state index in [1.807, 2.05) is 36.4 Å². The molecule has 2 aliphatic rings. The van der Waals surface area contributed by atoms with Crippen LogP contribution in [0, 0.1) is 5.92 Å². The van der Waals surface area contributed by atoms with E-state index in [1.54, 1.807) is 12.1 Å². The van der Waals surface area contributed by atoms with Crippen LogP contribution in [0.25, 0.3) is 0 Å². The lowest BCUT2D eigenvalue weighted by Crippen LogP contribution is -2.45. The number of benzene rings is 2. The highest BCUT2D eigenvalue weighted by molar-refractivity contribution is 5.92. The quantitative estimate of drug-likeness (QED) is 0.476. The van der Waals surface area contributed by atoms with Gasteiger partial charge in [-0.05, 0) is 49.2 Å². The molecule has 194 valence electrons. The average molecular weight is 497 g/mol. The number of carbonyl (C=O) groups excluding carboxylic acids is 1. The molecule has 0 saturated carbocycles. The van der Waals surface area contributed by atoms with Gasteiger partial charge in [0, 0.05) is 30.1 Å². The molecule has 0 radical (unpaired) electrons. The third-order valence-corrected chi connectivity index (χ3v) is 7.04. The van der Waals surface area contributed by atoms with E-state index in [-0.39, 0.29) is 43.5 Å². The van der Waals surface area contributed by atoms with E-state index in [2.05, 4.69) is 17.1 Å². The zero-order chi connectivity index (χ0) is 25.5. The Kier molecular flexibility index (Phi) is 9.09. The minimum absolute atomic E-state index is 0.00384. The molecule has 2 heterocycles. The topological polar surface area (TPSA) is 108 Å². The number of carboxylic acid groups (broad SMARTS) is 1. The Labute approximate surface area is 212 Å². The molecule has 2 aromatic rings. The fourth-order valence-electron chi connectivity index (χ4n) is 4.89. The van der Waals surface area contributed by atoms with Gasteiger partial charge in [0.25, 0.3) is 0 Å². The molecule has 8 nitrogen and oxygen atoms in total. The van der Waals surface area contributed by atoms with Crippen molar-refractivity contribution in [2.45, 2.75) is 64.1 Å². The normalized spacial score (nSPS) is 24.8. The molecule has 1 amide bonds. The molecule has 4 rings (SSSR count).